The van der Waals surface area contributed by atoms with Crippen molar-refractivity contribution in [1.82, 2.24) is 21.3 Å². The zero-order valence-corrected chi connectivity index (χ0v) is 33.2. The standard InChI is InChI=1S/C39H77N5O8/c1-4-5-6-7-8-9-10-11-12-13-14-15-16-20-36(45)42-24-28-51-32-31-50-27-22-38(47)43-25-29-52-33-30-49-26-21-37(46)41-23-18-17-19-35(39(40)48)44-34(2)3/h34-35,44H,4-33H2,1-3H3,(H2,40,48)(H,41,46)(H,42,45)(H,43,47). The Morgan fingerprint density at radius 1 is 0.481 bits per heavy atom. The molecular formula is C39H77N5O8. The molecule has 0 radical (unpaired) electrons. The Labute approximate surface area is 315 Å². The molecule has 4 amide bonds. The van der Waals surface area contributed by atoms with Crippen LogP contribution in [0.1, 0.15) is 143 Å². The average Bonchev–Trinajstić information content (AvgIpc) is 3.11. The molecule has 0 aromatic carbocycles. The number of nitrogens with two attached hydrogens (primary N) is 1. The number of ether oxygens (including phenoxy) is 4. The number of carbonyl (C=O) groups is 4. The third kappa shape index (κ3) is 37.4. The lowest BCUT2D eigenvalue weighted by molar-refractivity contribution is -0.123. The highest BCUT2D eigenvalue weighted by molar-refractivity contribution is 5.79. The number of rotatable bonds is 40. The van der Waals surface area contributed by atoms with Crippen molar-refractivity contribution in [3.63, 3.8) is 0 Å². The quantitative estimate of drug-likeness (QED) is 0.0557. The Morgan fingerprint density at radius 3 is 1.33 bits per heavy atom. The minimum absolute atomic E-state index is 0.0809. The van der Waals surface area contributed by atoms with Gasteiger partial charge in [-0.3, -0.25) is 19.2 Å². The van der Waals surface area contributed by atoms with Crippen molar-refractivity contribution in [3.05, 3.63) is 0 Å². The number of carbonyl (C=O) groups excluding carboxylic acids is 4. The number of hydrogen-bond acceptors (Lipinski definition) is 9. The summed E-state index contributed by atoms with van der Waals surface area (Å²) < 4.78 is 21.8. The fourth-order valence-corrected chi connectivity index (χ4v) is 5.48. The van der Waals surface area contributed by atoms with Crippen molar-refractivity contribution in [2.24, 2.45) is 5.73 Å². The molecule has 0 aromatic rings. The van der Waals surface area contributed by atoms with Crippen molar-refractivity contribution in [2.45, 2.75) is 155 Å². The SMILES string of the molecule is CCCCCCCCCCCCCCCC(=O)NCCOCCOCCC(=O)NCCOCCOCCC(=O)NCCCCC(NC(C)C)C(N)=O. The van der Waals surface area contributed by atoms with Gasteiger partial charge < -0.3 is 45.9 Å². The van der Waals surface area contributed by atoms with E-state index in [4.69, 9.17) is 24.7 Å². The van der Waals surface area contributed by atoms with E-state index >= 15 is 0 Å². The van der Waals surface area contributed by atoms with Gasteiger partial charge in [-0.1, -0.05) is 97.8 Å². The molecule has 0 spiro atoms. The van der Waals surface area contributed by atoms with Crippen molar-refractivity contribution in [3.8, 4) is 0 Å². The van der Waals surface area contributed by atoms with Gasteiger partial charge in [-0.15, -0.1) is 0 Å². The second-order valence-electron chi connectivity index (χ2n) is 13.8. The fraction of sp³-hybridized carbons (Fsp3) is 0.897. The zero-order valence-electron chi connectivity index (χ0n) is 33.2. The van der Waals surface area contributed by atoms with E-state index in [1.165, 1.54) is 70.6 Å². The Hall–Kier alpha value is -2.32. The topological polar surface area (TPSA) is 179 Å². The smallest absolute Gasteiger partial charge is 0.234 e. The average molecular weight is 744 g/mol. The predicted octanol–water partition coefficient (Wildman–Crippen LogP) is 4.69. The van der Waals surface area contributed by atoms with E-state index in [0.717, 1.165) is 25.7 Å². The van der Waals surface area contributed by atoms with Crippen LogP contribution in [-0.2, 0) is 38.1 Å². The maximum absolute atomic E-state index is 12.0. The van der Waals surface area contributed by atoms with Crippen LogP contribution in [-0.4, -0.2) is 108 Å². The minimum atomic E-state index is -0.354. The summed E-state index contributed by atoms with van der Waals surface area (Å²) in [5, 5.41) is 11.7. The van der Waals surface area contributed by atoms with E-state index < -0.39 is 0 Å². The predicted molar refractivity (Wildman–Crippen MR) is 207 cm³/mol. The molecule has 1 atom stereocenters. The molecule has 52 heavy (non-hydrogen) atoms. The molecule has 0 aliphatic carbocycles. The van der Waals surface area contributed by atoms with E-state index in [-0.39, 0.29) is 48.6 Å². The monoisotopic (exact) mass is 744 g/mol. The van der Waals surface area contributed by atoms with Gasteiger partial charge in [0.15, 0.2) is 0 Å². The molecule has 0 saturated carbocycles. The number of amides is 4. The van der Waals surface area contributed by atoms with Crippen molar-refractivity contribution in [1.29, 1.82) is 0 Å². The second kappa shape index (κ2) is 38.4. The molecule has 1 unspecified atom stereocenters. The zero-order chi connectivity index (χ0) is 38.3. The molecule has 306 valence electrons. The van der Waals surface area contributed by atoms with Crippen LogP contribution in [0.15, 0.2) is 0 Å². The molecule has 0 aromatic heterocycles. The third-order valence-electron chi connectivity index (χ3n) is 8.46. The largest absolute Gasteiger partial charge is 0.379 e. The summed E-state index contributed by atoms with van der Waals surface area (Å²) in [6, 6.07) is -0.166. The van der Waals surface area contributed by atoms with Gasteiger partial charge in [0.2, 0.25) is 23.6 Å². The summed E-state index contributed by atoms with van der Waals surface area (Å²) >= 11 is 0. The van der Waals surface area contributed by atoms with Crippen LogP contribution in [0.2, 0.25) is 0 Å². The Bertz CT molecular complexity index is 865. The molecule has 13 nitrogen and oxygen atoms in total. The van der Waals surface area contributed by atoms with Gasteiger partial charge in [0.25, 0.3) is 0 Å². The number of unbranched alkanes of at least 4 members (excludes halogenated alkanes) is 13. The molecule has 0 bridgehead atoms. The maximum atomic E-state index is 12.0. The maximum Gasteiger partial charge on any atom is 0.234 e. The van der Waals surface area contributed by atoms with Gasteiger partial charge in [0.1, 0.15) is 0 Å². The van der Waals surface area contributed by atoms with Crippen molar-refractivity contribution in [2.75, 3.05) is 72.5 Å². The van der Waals surface area contributed by atoms with E-state index in [9.17, 15) is 19.2 Å². The summed E-state index contributed by atoms with van der Waals surface area (Å²) in [5.41, 5.74) is 5.42. The summed E-state index contributed by atoms with van der Waals surface area (Å²) in [7, 11) is 0. The Morgan fingerprint density at radius 2 is 0.885 bits per heavy atom. The van der Waals surface area contributed by atoms with Crippen molar-refractivity contribution < 1.29 is 38.1 Å². The van der Waals surface area contributed by atoms with Crippen LogP contribution in [0, 0.1) is 0 Å². The molecular weight excluding hydrogens is 666 g/mol. The van der Waals surface area contributed by atoms with Gasteiger partial charge in [0.05, 0.1) is 58.9 Å². The van der Waals surface area contributed by atoms with Crippen LogP contribution in [0.5, 0.6) is 0 Å². The van der Waals surface area contributed by atoms with Gasteiger partial charge in [-0.25, -0.2) is 0 Å². The first kappa shape index (κ1) is 49.7. The molecule has 0 saturated heterocycles. The second-order valence-corrected chi connectivity index (χ2v) is 13.8. The van der Waals surface area contributed by atoms with E-state index in [1.807, 2.05) is 13.8 Å². The van der Waals surface area contributed by atoms with E-state index in [2.05, 4.69) is 28.2 Å². The highest BCUT2D eigenvalue weighted by atomic mass is 16.5. The normalized spacial score (nSPS) is 11.8. The van der Waals surface area contributed by atoms with E-state index in [0.29, 0.717) is 85.3 Å². The van der Waals surface area contributed by atoms with Gasteiger partial charge in [0, 0.05) is 44.9 Å². The molecule has 13 heteroatoms. The first-order valence-corrected chi connectivity index (χ1v) is 20.4. The highest BCUT2D eigenvalue weighted by Crippen LogP contribution is 2.13. The van der Waals surface area contributed by atoms with Gasteiger partial charge in [-0.05, 0) is 25.7 Å². The van der Waals surface area contributed by atoms with Gasteiger partial charge >= 0.3 is 0 Å². The van der Waals surface area contributed by atoms with Gasteiger partial charge in [-0.2, -0.15) is 0 Å². The molecule has 0 heterocycles. The van der Waals surface area contributed by atoms with Crippen LogP contribution >= 0.6 is 0 Å². The first-order valence-electron chi connectivity index (χ1n) is 20.4. The molecule has 0 fully saturated rings. The Balaban J connectivity index is 3.38. The number of hydrogen-bond donors (Lipinski definition) is 5. The first-order chi connectivity index (χ1) is 25.3. The number of primary amides is 1. The summed E-state index contributed by atoms with van der Waals surface area (Å²) in [6.07, 6.45) is 20.1. The third-order valence-corrected chi connectivity index (χ3v) is 8.46. The van der Waals surface area contributed by atoms with E-state index in [1.54, 1.807) is 0 Å². The minimum Gasteiger partial charge on any atom is -0.379 e. The highest BCUT2D eigenvalue weighted by Gasteiger charge is 2.15. The number of nitrogens with one attached hydrogen (secondary N) is 4. The molecule has 6 N–H and O–H groups in total. The van der Waals surface area contributed by atoms with Crippen molar-refractivity contribution >= 4 is 23.6 Å². The molecule has 0 aliphatic rings. The lowest BCUT2D eigenvalue weighted by Gasteiger charge is -2.18. The lowest BCUT2D eigenvalue weighted by atomic mass is 10.0. The molecule has 0 rings (SSSR count). The fourth-order valence-electron chi connectivity index (χ4n) is 5.48. The van der Waals surface area contributed by atoms with Crippen LogP contribution < -0.4 is 27.0 Å². The lowest BCUT2D eigenvalue weighted by Crippen LogP contribution is -2.44. The molecule has 0 aliphatic heterocycles. The Kier molecular flexibility index (Phi) is 36.7. The van der Waals surface area contributed by atoms with Crippen LogP contribution in [0.3, 0.4) is 0 Å². The van der Waals surface area contributed by atoms with Crippen LogP contribution in [0.25, 0.3) is 0 Å². The summed E-state index contributed by atoms with van der Waals surface area (Å²) in [4.78, 5) is 47.3. The summed E-state index contributed by atoms with van der Waals surface area (Å²) in [6.45, 7) is 10.6. The van der Waals surface area contributed by atoms with Crippen LogP contribution in [0.4, 0.5) is 0 Å². The summed E-state index contributed by atoms with van der Waals surface area (Å²) in [5.74, 6) is -0.463.